The Bertz CT molecular complexity index is 1650. The molecule has 0 aliphatic rings. The smallest absolute Gasteiger partial charge is 0.407 e. The minimum Gasteiger partial charge on any atom is -0.445 e. The van der Waals surface area contributed by atoms with Gasteiger partial charge in [-0.05, 0) is 42.4 Å². The molecule has 1 unspecified atom stereocenters. The first-order valence-electron chi connectivity index (χ1n) is 17.3. The number of amides is 4. The minimum atomic E-state index is -1.06. The Balaban J connectivity index is 1.47. The molecule has 0 saturated heterocycles. The van der Waals surface area contributed by atoms with Crippen LogP contribution in [-0.2, 0) is 35.5 Å². The van der Waals surface area contributed by atoms with E-state index >= 15 is 0 Å². The molecule has 0 fully saturated rings. The van der Waals surface area contributed by atoms with Crippen molar-refractivity contribution in [3.8, 4) is 0 Å². The highest BCUT2D eigenvalue weighted by Crippen LogP contribution is 2.20. The van der Waals surface area contributed by atoms with Crippen LogP contribution in [0.4, 0.5) is 9.59 Å². The molecule has 0 aliphatic carbocycles. The number of hydrogen-bond donors (Lipinski definition) is 4. The van der Waals surface area contributed by atoms with Crippen molar-refractivity contribution in [2.45, 2.75) is 90.3 Å². The van der Waals surface area contributed by atoms with E-state index in [1.54, 1.807) is 36.8 Å². The molecule has 4 aromatic rings. The van der Waals surface area contributed by atoms with Gasteiger partial charge in [-0.1, -0.05) is 94.4 Å². The van der Waals surface area contributed by atoms with Crippen molar-refractivity contribution in [3.63, 3.8) is 0 Å². The van der Waals surface area contributed by atoms with E-state index in [0.29, 0.717) is 25.3 Å². The molecule has 11 nitrogen and oxygen atoms in total. The van der Waals surface area contributed by atoms with Gasteiger partial charge in [-0.2, -0.15) is 0 Å². The molecule has 2 aromatic carbocycles. The fraction of sp³-hybridized carbons (Fsp3) is 0.410. The number of hydrogen-bond acceptors (Lipinski definition) is 8. The molecule has 2 heterocycles. The standard InChI is InChI=1S/C39H50N6O5S/c1-26(2)35(44-38(48)45(5)23-32-25-51-37(41-32)27(3)4)36(47)43-33(20-29-15-10-7-11-16-29)34(46)21-31(19-28-13-8-6-9-14-28)42-39(49)50-24-30-17-12-18-40-22-30/h6-18,22,25-27,31,33-35,46H,19-21,23-24H2,1-5H3,(H,42,49)(H,43,47)(H,44,48)/t31-,33-,34-,35?/m0/s1. The van der Waals surface area contributed by atoms with Crippen LogP contribution < -0.4 is 16.0 Å². The number of thiazole rings is 1. The van der Waals surface area contributed by atoms with Crippen molar-refractivity contribution in [1.82, 2.24) is 30.8 Å². The summed E-state index contributed by atoms with van der Waals surface area (Å²) in [6, 6.07) is 20.3. The lowest BCUT2D eigenvalue weighted by Gasteiger charge is -2.31. The maximum Gasteiger partial charge on any atom is 0.407 e. The number of ether oxygens (including phenoxy) is 1. The normalized spacial score (nSPS) is 13.6. The third-order valence-corrected chi connectivity index (χ3v) is 9.59. The Hall–Kier alpha value is -4.81. The number of rotatable bonds is 17. The van der Waals surface area contributed by atoms with Crippen LogP contribution in [0.15, 0.2) is 90.6 Å². The number of aliphatic hydroxyl groups is 1. The summed E-state index contributed by atoms with van der Waals surface area (Å²) in [7, 11) is 1.67. The quantitative estimate of drug-likeness (QED) is 0.108. The number of aliphatic hydroxyl groups excluding tert-OH is 1. The largest absolute Gasteiger partial charge is 0.445 e. The monoisotopic (exact) mass is 714 g/mol. The van der Waals surface area contributed by atoms with Gasteiger partial charge in [0, 0.05) is 42.3 Å². The molecule has 0 radical (unpaired) electrons. The maximum atomic E-state index is 13.9. The predicted octanol–water partition coefficient (Wildman–Crippen LogP) is 5.84. The average Bonchev–Trinajstić information content (AvgIpc) is 3.59. The predicted molar refractivity (Wildman–Crippen MR) is 199 cm³/mol. The van der Waals surface area contributed by atoms with Gasteiger partial charge in [-0.25, -0.2) is 14.6 Å². The number of carbonyl (C=O) groups excluding carboxylic acids is 3. The third-order valence-electron chi connectivity index (χ3n) is 8.39. The molecule has 0 spiro atoms. The lowest BCUT2D eigenvalue weighted by molar-refractivity contribution is -0.125. The van der Waals surface area contributed by atoms with Crippen molar-refractivity contribution in [2.75, 3.05) is 7.05 Å². The van der Waals surface area contributed by atoms with Gasteiger partial charge in [0.05, 0.1) is 29.4 Å². The first-order valence-corrected chi connectivity index (χ1v) is 18.2. The van der Waals surface area contributed by atoms with Crippen LogP contribution >= 0.6 is 11.3 Å². The van der Waals surface area contributed by atoms with Crippen LogP contribution in [0.5, 0.6) is 0 Å². The lowest BCUT2D eigenvalue weighted by Crippen LogP contribution is -2.57. The number of nitrogens with one attached hydrogen (secondary N) is 3. The SMILES string of the molecule is CC(C)c1nc(CN(C)C(=O)NC(C(=O)N[C@@H](Cc2ccccc2)[C@@H](O)C[C@H](Cc2ccccc2)NC(=O)OCc2cccnc2)C(C)C)cs1. The first-order chi connectivity index (χ1) is 24.5. The molecule has 0 bridgehead atoms. The highest BCUT2D eigenvalue weighted by atomic mass is 32.1. The molecule has 4 N–H and O–H groups in total. The van der Waals surface area contributed by atoms with Crippen LogP contribution in [0.1, 0.15) is 67.4 Å². The van der Waals surface area contributed by atoms with Crippen molar-refractivity contribution >= 4 is 29.4 Å². The second-order valence-corrected chi connectivity index (χ2v) is 14.3. The van der Waals surface area contributed by atoms with Crippen LogP contribution in [0.25, 0.3) is 0 Å². The average molecular weight is 715 g/mol. The second-order valence-electron chi connectivity index (χ2n) is 13.4. The number of carbonyl (C=O) groups is 3. The van der Waals surface area contributed by atoms with E-state index in [0.717, 1.165) is 27.4 Å². The molecular weight excluding hydrogens is 665 g/mol. The number of aromatic nitrogens is 2. The number of pyridine rings is 1. The van der Waals surface area contributed by atoms with Gasteiger partial charge in [0.15, 0.2) is 0 Å². The van der Waals surface area contributed by atoms with Crippen LogP contribution in [-0.4, -0.2) is 69.3 Å². The van der Waals surface area contributed by atoms with Crippen molar-refractivity contribution in [2.24, 2.45) is 5.92 Å². The zero-order chi connectivity index (χ0) is 36.8. The van der Waals surface area contributed by atoms with Crippen LogP contribution in [0.2, 0.25) is 0 Å². The van der Waals surface area contributed by atoms with Gasteiger partial charge in [0.1, 0.15) is 12.6 Å². The summed E-state index contributed by atoms with van der Waals surface area (Å²) in [5.41, 5.74) is 3.42. The van der Waals surface area contributed by atoms with E-state index in [9.17, 15) is 19.5 Å². The first kappa shape index (κ1) is 39.0. The Labute approximate surface area is 304 Å². The topological polar surface area (TPSA) is 146 Å². The van der Waals surface area contributed by atoms with Gasteiger partial charge in [0.25, 0.3) is 0 Å². The zero-order valence-corrected chi connectivity index (χ0v) is 30.8. The summed E-state index contributed by atoms with van der Waals surface area (Å²) in [6.45, 7) is 8.22. The highest BCUT2D eigenvalue weighted by molar-refractivity contribution is 7.09. The van der Waals surface area contributed by atoms with E-state index in [2.05, 4.69) is 39.8 Å². The Morgan fingerprint density at radius 1 is 0.863 bits per heavy atom. The maximum absolute atomic E-state index is 13.9. The third kappa shape index (κ3) is 12.8. The molecule has 272 valence electrons. The van der Waals surface area contributed by atoms with Crippen LogP contribution in [0, 0.1) is 5.92 Å². The second kappa shape index (κ2) is 19.5. The molecule has 4 amide bonds. The number of alkyl carbamates (subject to hydrolysis) is 1. The summed E-state index contributed by atoms with van der Waals surface area (Å²) in [5, 5.41) is 23.6. The summed E-state index contributed by atoms with van der Waals surface area (Å²) in [5.74, 6) is -0.358. The van der Waals surface area contributed by atoms with E-state index in [1.165, 1.54) is 4.90 Å². The fourth-order valence-electron chi connectivity index (χ4n) is 5.57. The molecule has 2 aromatic heterocycles. The number of nitrogens with zero attached hydrogens (tertiary/aromatic N) is 3. The fourth-order valence-corrected chi connectivity index (χ4v) is 6.39. The molecule has 0 aliphatic heterocycles. The molecule has 51 heavy (non-hydrogen) atoms. The Morgan fingerprint density at radius 2 is 1.51 bits per heavy atom. The summed E-state index contributed by atoms with van der Waals surface area (Å²) >= 11 is 1.56. The van der Waals surface area contributed by atoms with Gasteiger partial charge in [0.2, 0.25) is 5.91 Å². The van der Waals surface area contributed by atoms with Gasteiger partial charge in [-0.15, -0.1) is 11.3 Å². The van der Waals surface area contributed by atoms with Gasteiger partial charge >= 0.3 is 12.1 Å². The van der Waals surface area contributed by atoms with Crippen molar-refractivity contribution < 1.29 is 24.2 Å². The van der Waals surface area contributed by atoms with Gasteiger partial charge < -0.3 is 30.7 Å². The lowest BCUT2D eigenvalue weighted by atomic mass is 9.93. The summed E-state index contributed by atoms with van der Waals surface area (Å²) < 4.78 is 5.47. The van der Waals surface area contributed by atoms with E-state index in [1.807, 2.05) is 86.0 Å². The van der Waals surface area contributed by atoms with Gasteiger partial charge in [-0.3, -0.25) is 9.78 Å². The summed E-state index contributed by atoms with van der Waals surface area (Å²) in [4.78, 5) is 50.3. The van der Waals surface area contributed by atoms with Crippen molar-refractivity contribution in [1.29, 1.82) is 0 Å². The molecule has 4 rings (SSSR count). The molecular formula is C39H50N6O5S. The Kier molecular flexibility index (Phi) is 14.9. The zero-order valence-electron chi connectivity index (χ0n) is 30.0. The summed E-state index contributed by atoms with van der Waals surface area (Å²) in [6.07, 6.45) is 2.48. The molecule has 12 heteroatoms. The number of benzene rings is 2. The highest BCUT2D eigenvalue weighted by Gasteiger charge is 2.31. The molecule has 0 saturated carbocycles. The van der Waals surface area contributed by atoms with Crippen molar-refractivity contribution in [3.05, 3.63) is 118 Å². The van der Waals surface area contributed by atoms with E-state index in [4.69, 9.17) is 4.74 Å². The van der Waals surface area contributed by atoms with E-state index in [-0.39, 0.29) is 18.9 Å². The molecule has 4 atom stereocenters. The minimum absolute atomic E-state index is 0.0488. The van der Waals surface area contributed by atoms with Crippen LogP contribution in [0.3, 0.4) is 0 Å². The van der Waals surface area contributed by atoms with E-state index < -0.39 is 42.3 Å². The number of urea groups is 1. The Morgan fingerprint density at radius 3 is 2.10 bits per heavy atom.